The molecule has 0 fully saturated rings. The molecular weight excluding hydrogens is 356 g/mol. The van der Waals surface area contributed by atoms with Gasteiger partial charge in [-0.15, -0.1) is 0 Å². The number of nitrogens with one attached hydrogen (secondary N) is 2. The molecule has 0 radical (unpaired) electrons. The number of hydrogen-bond acceptors (Lipinski definition) is 3. The molecule has 0 atom stereocenters. The number of hydrogen-bond donors (Lipinski definition) is 2. The molecule has 2 N–H and O–H groups in total. The number of nitrogens with zero attached hydrogens (tertiary/aromatic N) is 2. The molecule has 1 aromatic heterocycles. The summed E-state index contributed by atoms with van der Waals surface area (Å²) < 4.78 is 2.44. The lowest BCUT2D eigenvalue weighted by atomic mass is 10.1. The third kappa shape index (κ3) is 7.29. The zero-order valence-electron chi connectivity index (χ0n) is 16.6. The predicted molar refractivity (Wildman–Crippen MR) is 113 cm³/mol. The van der Waals surface area contributed by atoms with Crippen LogP contribution in [0.1, 0.15) is 63.9 Å². The van der Waals surface area contributed by atoms with Gasteiger partial charge in [-0.2, -0.15) is 5.10 Å². The lowest BCUT2D eigenvalue weighted by molar-refractivity contribution is -0.121. The van der Waals surface area contributed by atoms with Crippen molar-refractivity contribution in [3.05, 3.63) is 34.6 Å². The van der Waals surface area contributed by atoms with E-state index in [9.17, 15) is 4.79 Å². The lowest BCUT2D eigenvalue weighted by Gasteiger charge is -2.08. The van der Waals surface area contributed by atoms with E-state index < -0.39 is 0 Å². The summed E-state index contributed by atoms with van der Waals surface area (Å²) in [5, 5.41) is 10.2. The van der Waals surface area contributed by atoms with Crippen molar-refractivity contribution in [1.82, 2.24) is 20.1 Å². The Morgan fingerprint density at radius 3 is 2.48 bits per heavy atom. The van der Waals surface area contributed by atoms with E-state index in [1.165, 1.54) is 44.1 Å². The summed E-state index contributed by atoms with van der Waals surface area (Å²) in [6.45, 7) is 5.57. The summed E-state index contributed by atoms with van der Waals surface area (Å²) in [6, 6.07) is 8.15. The van der Waals surface area contributed by atoms with Crippen molar-refractivity contribution in [2.45, 2.75) is 71.8 Å². The molecule has 0 aliphatic carbocycles. The van der Waals surface area contributed by atoms with Crippen LogP contribution in [-0.4, -0.2) is 27.2 Å². The van der Waals surface area contributed by atoms with Crippen molar-refractivity contribution in [3.63, 3.8) is 0 Å². The number of amides is 1. The molecule has 0 saturated carbocycles. The zero-order chi connectivity index (χ0) is 19.5. The Kier molecular flexibility index (Phi) is 9.25. The van der Waals surface area contributed by atoms with Crippen molar-refractivity contribution < 1.29 is 4.79 Å². The number of aromatic nitrogens is 3. The van der Waals surface area contributed by atoms with Gasteiger partial charge in [-0.25, -0.2) is 0 Å². The molecule has 2 aromatic rings. The molecule has 0 unspecified atom stereocenters. The Morgan fingerprint density at radius 1 is 1.11 bits per heavy atom. The second-order valence-corrected chi connectivity index (χ2v) is 7.48. The third-order valence-corrected chi connectivity index (χ3v) is 5.04. The second-order valence-electron chi connectivity index (χ2n) is 7.09. The summed E-state index contributed by atoms with van der Waals surface area (Å²) in [7, 11) is 0. The number of rotatable bonds is 12. The van der Waals surface area contributed by atoms with E-state index in [2.05, 4.69) is 29.4 Å². The largest absolute Gasteiger partial charge is 0.356 e. The number of benzene rings is 1. The Morgan fingerprint density at radius 2 is 1.78 bits per heavy atom. The van der Waals surface area contributed by atoms with Crippen LogP contribution in [0.15, 0.2) is 24.3 Å². The number of H-pyrrole nitrogens is 1. The highest BCUT2D eigenvalue weighted by atomic mass is 32.1. The summed E-state index contributed by atoms with van der Waals surface area (Å²) >= 11 is 5.33. The molecule has 0 bridgehead atoms. The van der Waals surface area contributed by atoms with E-state index in [4.69, 9.17) is 12.2 Å². The van der Waals surface area contributed by atoms with E-state index in [1.807, 2.05) is 28.8 Å². The summed E-state index contributed by atoms with van der Waals surface area (Å²) in [5.41, 5.74) is 2.20. The molecule has 5 nitrogen and oxygen atoms in total. The molecule has 0 saturated heterocycles. The van der Waals surface area contributed by atoms with Crippen LogP contribution in [0.5, 0.6) is 0 Å². The van der Waals surface area contributed by atoms with Gasteiger partial charge in [0.05, 0.1) is 0 Å². The third-order valence-electron chi connectivity index (χ3n) is 4.73. The van der Waals surface area contributed by atoms with Crippen LogP contribution in [0.4, 0.5) is 0 Å². The second kappa shape index (κ2) is 11.7. The van der Waals surface area contributed by atoms with Crippen LogP contribution >= 0.6 is 12.2 Å². The average Bonchev–Trinajstić information content (AvgIpc) is 3.03. The number of aryl methyl sites for hydroxylation is 1. The Hall–Kier alpha value is -1.95. The molecule has 6 heteroatoms. The molecule has 0 aliphatic heterocycles. The maximum atomic E-state index is 12.1. The maximum Gasteiger partial charge on any atom is 0.221 e. The standard InChI is InChI=1S/C21H32N4OS/c1-3-4-5-6-7-8-9-15-22-19(26)14-16-25-20(23-24-21(25)27)18-12-10-17(2)11-13-18/h10-13H,3-9,14-16H2,1-2H3,(H,22,26)(H,24,27). The zero-order valence-corrected chi connectivity index (χ0v) is 17.4. The molecule has 2 rings (SSSR count). The van der Waals surface area contributed by atoms with E-state index in [0.29, 0.717) is 17.7 Å². The fraction of sp³-hybridized carbons (Fsp3) is 0.571. The van der Waals surface area contributed by atoms with E-state index in [0.717, 1.165) is 24.4 Å². The molecule has 148 valence electrons. The van der Waals surface area contributed by atoms with Gasteiger partial charge >= 0.3 is 0 Å². The van der Waals surface area contributed by atoms with Crippen molar-refractivity contribution in [2.24, 2.45) is 0 Å². The van der Waals surface area contributed by atoms with Crippen LogP contribution in [0.25, 0.3) is 11.4 Å². The SMILES string of the molecule is CCCCCCCCCNC(=O)CCn1c(-c2ccc(C)cc2)n[nH]c1=S. The summed E-state index contributed by atoms with van der Waals surface area (Å²) in [6.07, 6.45) is 9.16. The highest BCUT2D eigenvalue weighted by molar-refractivity contribution is 7.71. The first kappa shape index (κ1) is 21.4. The first-order valence-electron chi connectivity index (χ1n) is 10.1. The Balaban J connectivity index is 1.73. The van der Waals surface area contributed by atoms with Crippen molar-refractivity contribution in [2.75, 3.05) is 6.54 Å². The molecule has 1 heterocycles. The monoisotopic (exact) mass is 388 g/mol. The van der Waals surface area contributed by atoms with Crippen LogP contribution in [0, 0.1) is 11.7 Å². The van der Waals surface area contributed by atoms with Crippen LogP contribution in [0.3, 0.4) is 0 Å². The van der Waals surface area contributed by atoms with Crippen molar-refractivity contribution >= 4 is 18.1 Å². The number of unbranched alkanes of at least 4 members (excludes halogenated alkanes) is 6. The first-order valence-corrected chi connectivity index (χ1v) is 10.5. The van der Waals surface area contributed by atoms with Gasteiger partial charge in [-0.3, -0.25) is 14.5 Å². The van der Waals surface area contributed by atoms with E-state index in [-0.39, 0.29) is 5.91 Å². The highest BCUT2D eigenvalue weighted by Gasteiger charge is 2.10. The minimum absolute atomic E-state index is 0.0685. The van der Waals surface area contributed by atoms with Gasteiger partial charge in [0, 0.05) is 25.1 Å². The lowest BCUT2D eigenvalue weighted by Crippen LogP contribution is -2.25. The van der Waals surface area contributed by atoms with Crippen LogP contribution in [-0.2, 0) is 11.3 Å². The number of aromatic amines is 1. The number of carbonyl (C=O) groups is 1. The fourth-order valence-corrected chi connectivity index (χ4v) is 3.28. The van der Waals surface area contributed by atoms with Crippen molar-refractivity contribution in [1.29, 1.82) is 0 Å². The van der Waals surface area contributed by atoms with Crippen LogP contribution < -0.4 is 5.32 Å². The van der Waals surface area contributed by atoms with Gasteiger partial charge < -0.3 is 5.32 Å². The fourth-order valence-electron chi connectivity index (χ4n) is 3.06. The summed E-state index contributed by atoms with van der Waals surface area (Å²) in [4.78, 5) is 12.1. The molecule has 27 heavy (non-hydrogen) atoms. The minimum Gasteiger partial charge on any atom is -0.356 e. The molecular formula is C21H32N4OS. The molecule has 0 spiro atoms. The highest BCUT2D eigenvalue weighted by Crippen LogP contribution is 2.18. The van der Waals surface area contributed by atoms with E-state index >= 15 is 0 Å². The Bertz CT molecular complexity index is 748. The predicted octanol–water partition coefficient (Wildman–Crippen LogP) is 5.17. The van der Waals surface area contributed by atoms with Gasteiger partial charge in [-0.05, 0) is 25.6 Å². The van der Waals surface area contributed by atoms with Gasteiger partial charge in [-0.1, -0.05) is 75.3 Å². The smallest absolute Gasteiger partial charge is 0.221 e. The molecule has 1 amide bonds. The minimum atomic E-state index is 0.0685. The normalized spacial score (nSPS) is 10.9. The number of carbonyl (C=O) groups excluding carboxylic acids is 1. The first-order chi connectivity index (χ1) is 13.1. The topological polar surface area (TPSA) is 62.7 Å². The van der Waals surface area contributed by atoms with Gasteiger partial charge in [0.15, 0.2) is 10.6 Å². The summed E-state index contributed by atoms with van der Waals surface area (Å²) in [5.74, 6) is 0.846. The van der Waals surface area contributed by atoms with Crippen molar-refractivity contribution in [3.8, 4) is 11.4 Å². The molecule has 0 aliphatic rings. The van der Waals surface area contributed by atoms with Gasteiger partial charge in [0.25, 0.3) is 0 Å². The van der Waals surface area contributed by atoms with Gasteiger partial charge in [0.1, 0.15) is 0 Å². The Labute approximate surface area is 167 Å². The average molecular weight is 389 g/mol. The van der Waals surface area contributed by atoms with Crippen LogP contribution in [0.2, 0.25) is 0 Å². The van der Waals surface area contributed by atoms with Gasteiger partial charge in [0.2, 0.25) is 5.91 Å². The van der Waals surface area contributed by atoms with E-state index in [1.54, 1.807) is 0 Å². The quantitative estimate of drug-likeness (QED) is 0.389. The maximum absolute atomic E-state index is 12.1. The molecule has 1 aromatic carbocycles.